The molecule has 0 aliphatic carbocycles. The van der Waals surface area contributed by atoms with E-state index in [0.717, 1.165) is 18.1 Å². The number of halogens is 1. The average molecular weight is 211 g/mol. The van der Waals surface area contributed by atoms with E-state index in [-0.39, 0.29) is 5.41 Å². The molecule has 0 saturated carbocycles. The van der Waals surface area contributed by atoms with Crippen LogP contribution in [0.15, 0.2) is 18.2 Å². The molecule has 0 aliphatic rings. The average Bonchev–Trinajstić information content (AvgIpc) is 2.17. The van der Waals surface area contributed by atoms with Gasteiger partial charge in [-0.3, -0.25) is 10.1 Å². The topological polar surface area (TPSA) is 43.1 Å². The van der Waals surface area contributed by atoms with Crippen molar-refractivity contribution in [1.29, 1.82) is 0 Å². The van der Waals surface area contributed by atoms with E-state index < -0.39 is 16.4 Å². The Morgan fingerprint density at radius 1 is 1.47 bits per heavy atom. The molecule has 0 spiro atoms. The van der Waals surface area contributed by atoms with Crippen molar-refractivity contribution < 1.29 is 9.31 Å². The molecule has 1 aromatic carbocycles. The normalized spacial score (nSPS) is 11.5. The minimum Gasteiger partial charge on any atom is -0.258 e. The highest BCUT2D eigenvalue weighted by atomic mass is 19.1. The number of nitrogens with zero attached hydrogens (tertiary/aromatic N) is 1. The van der Waals surface area contributed by atoms with Crippen LogP contribution in [0.4, 0.5) is 10.1 Å². The van der Waals surface area contributed by atoms with Crippen molar-refractivity contribution in [2.45, 2.75) is 32.6 Å². The van der Waals surface area contributed by atoms with Crippen molar-refractivity contribution in [2.75, 3.05) is 0 Å². The highest BCUT2D eigenvalue weighted by molar-refractivity contribution is 5.39. The van der Waals surface area contributed by atoms with Gasteiger partial charge in [-0.1, -0.05) is 26.8 Å². The summed E-state index contributed by atoms with van der Waals surface area (Å²) in [5.74, 6) is -0.782. The van der Waals surface area contributed by atoms with Crippen LogP contribution in [0.1, 0.15) is 32.8 Å². The number of nitro benzene ring substituents is 1. The summed E-state index contributed by atoms with van der Waals surface area (Å²) in [7, 11) is 0. The Kier molecular flexibility index (Phi) is 3.07. The summed E-state index contributed by atoms with van der Waals surface area (Å²) in [5.41, 5.74) is 0.172. The Hall–Kier alpha value is -1.45. The lowest BCUT2D eigenvalue weighted by atomic mass is 9.82. The van der Waals surface area contributed by atoms with Crippen molar-refractivity contribution >= 4 is 5.69 Å². The van der Waals surface area contributed by atoms with Crippen molar-refractivity contribution in [3.8, 4) is 0 Å². The fourth-order valence-corrected chi connectivity index (χ4v) is 1.28. The molecule has 0 heterocycles. The molecule has 82 valence electrons. The molecule has 0 atom stereocenters. The van der Waals surface area contributed by atoms with Gasteiger partial charge in [-0.2, -0.15) is 4.39 Å². The molecular weight excluding hydrogens is 197 g/mol. The predicted octanol–water partition coefficient (Wildman–Crippen LogP) is 3.42. The Balaban J connectivity index is 3.25. The van der Waals surface area contributed by atoms with E-state index in [1.165, 1.54) is 6.07 Å². The fourth-order valence-electron chi connectivity index (χ4n) is 1.28. The molecule has 1 aromatic rings. The maximum absolute atomic E-state index is 13.1. The monoisotopic (exact) mass is 211 g/mol. The predicted molar refractivity (Wildman–Crippen MR) is 56.4 cm³/mol. The Morgan fingerprint density at radius 3 is 2.53 bits per heavy atom. The lowest BCUT2D eigenvalue weighted by Gasteiger charge is -2.22. The van der Waals surface area contributed by atoms with Gasteiger partial charge in [-0.05, 0) is 23.5 Å². The summed E-state index contributed by atoms with van der Waals surface area (Å²) in [4.78, 5) is 9.86. The molecule has 1 rings (SSSR count). The fraction of sp³-hybridized carbons (Fsp3) is 0.455. The van der Waals surface area contributed by atoms with Crippen LogP contribution < -0.4 is 0 Å². The quantitative estimate of drug-likeness (QED) is 0.568. The van der Waals surface area contributed by atoms with Gasteiger partial charge in [0.15, 0.2) is 0 Å². The molecule has 0 amide bonds. The van der Waals surface area contributed by atoms with Crippen LogP contribution in [0, 0.1) is 15.9 Å². The van der Waals surface area contributed by atoms with E-state index in [0.29, 0.717) is 0 Å². The number of hydrogen-bond acceptors (Lipinski definition) is 2. The molecule has 0 bridgehead atoms. The third-order valence-electron chi connectivity index (χ3n) is 2.81. The smallest absolute Gasteiger partial charge is 0.258 e. The van der Waals surface area contributed by atoms with Gasteiger partial charge < -0.3 is 0 Å². The van der Waals surface area contributed by atoms with E-state index >= 15 is 0 Å². The molecule has 0 aromatic heterocycles. The largest absolute Gasteiger partial charge is 0.305 e. The first-order valence-electron chi connectivity index (χ1n) is 4.83. The number of nitro groups is 1. The standard InChI is InChI=1S/C11H14FNO2/c1-4-11(2,3)8-5-6-9(12)10(7-8)13(14)15/h5-7H,4H2,1-3H3. The maximum atomic E-state index is 13.1. The van der Waals surface area contributed by atoms with Crippen molar-refractivity contribution in [1.82, 2.24) is 0 Å². The van der Waals surface area contributed by atoms with E-state index in [9.17, 15) is 14.5 Å². The van der Waals surface area contributed by atoms with Crippen LogP contribution in [0.25, 0.3) is 0 Å². The van der Waals surface area contributed by atoms with Gasteiger partial charge in [0.2, 0.25) is 5.82 Å². The van der Waals surface area contributed by atoms with Gasteiger partial charge >= 0.3 is 5.69 Å². The number of benzene rings is 1. The van der Waals surface area contributed by atoms with Crippen LogP contribution in [-0.2, 0) is 5.41 Å². The van der Waals surface area contributed by atoms with Crippen molar-refractivity contribution in [3.05, 3.63) is 39.7 Å². The summed E-state index contributed by atoms with van der Waals surface area (Å²) in [6, 6.07) is 4.08. The number of rotatable bonds is 3. The van der Waals surface area contributed by atoms with Gasteiger partial charge in [0.1, 0.15) is 0 Å². The molecule has 0 fully saturated rings. The minimum absolute atomic E-state index is 0.168. The Bertz CT molecular complexity index is 388. The van der Waals surface area contributed by atoms with Crippen LogP contribution in [0.2, 0.25) is 0 Å². The molecular formula is C11H14FNO2. The zero-order chi connectivity index (χ0) is 11.6. The SMILES string of the molecule is CCC(C)(C)c1ccc(F)c([N+](=O)[O-])c1. The summed E-state index contributed by atoms with van der Waals surface area (Å²) in [6.45, 7) is 5.95. The molecule has 0 unspecified atom stereocenters. The van der Waals surface area contributed by atoms with E-state index in [1.807, 2.05) is 20.8 Å². The maximum Gasteiger partial charge on any atom is 0.305 e. The highest BCUT2D eigenvalue weighted by Gasteiger charge is 2.22. The second kappa shape index (κ2) is 3.96. The second-order valence-electron chi connectivity index (χ2n) is 4.16. The van der Waals surface area contributed by atoms with Gasteiger partial charge in [-0.25, -0.2) is 0 Å². The first-order valence-corrected chi connectivity index (χ1v) is 4.83. The Labute approximate surface area is 88.1 Å². The molecule has 0 radical (unpaired) electrons. The van der Waals surface area contributed by atoms with Crippen molar-refractivity contribution in [2.24, 2.45) is 0 Å². The van der Waals surface area contributed by atoms with Gasteiger partial charge in [0.05, 0.1) is 4.92 Å². The molecule has 15 heavy (non-hydrogen) atoms. The zero-order valence-electron chi connectivity index (χ0n) is 9.08. The van der Waals surface area contributed by atoms with E-state index in [1.54, 1.807) is 6.07 Å². The lowest BCUT2D eigenvalue weighted by molar-refractivity contribution is -0.387. The molecule has 4 heteroatoms. The lowest BCUT2D eigenvalue weighted by Crippen LogP contribution is -2.15. The minimum atomic E-state index is -0.782. The van der Waals surface area contributed by atoms with Crippen LogP contribution in [0.3, 0.4) is 0 Å². The summed E-state index contributed by atoms with van der Waals surface area (Å²) >= 11 is 0. The van der Waals surface area contributed by atoms with E-state index in [2.05, 4.69) is 0 Å². The van der Waals surface area contributed by atoms with Crippen LogP contribution in [0.5, 0.6) is 0 Å². The second-order valence-corrected chi connectivity index (χ2v) is 4.16. The summed E-state index contributed by atoms with van der Waals surface area (Å²) in [6.07, 6.45) is 0.843. The van der Waals surface area contributed by atoms with Gasteiger partial charge in [-0.15, -0.1) is 0 Å². The van der Waals surface area contributed by atoms with Crippen LogP contribution >= 0.6 is 0 Å². The molecule has 0 aliphatic heterocycles. The van der Waals surface area contributed by atoms with Crippen molar-refractivity contribution in [3.63, 3.8) is 0 Å². The first-order chi connectivity index (χ1) is 6.88. The van der Waals surface area contributed by atoms with Gasteiger partial charge in [0, 0.05) is 6.07 Å². The van der Waals surface area contributed by atoms with Crippen LogP contribution in [-0.4, -0.2) is 4.92 Å². The third-order valence-corrected chi connectivity index (χ3v) is 2.81. The Morgan fingerprint density at radius 2 is 2.07 bits per heavy atom. The number of hydrogen-bond donors (Lipinski definition) is 0. The van der Waals surface area contributed by atoms with E-state index in [4.69, 9.17) is 0 Å². The molecule has 0 N–H and O–H groups in total. The molecule has 3 nitrogen and oxygen atoms in total. The molecule has 0 saturated heterocycles. The highest BCUT2D eigenvalue weighted by Crippen LogP contribution is 2.30. The third kappa shape index (κ3) is 2.32. The summed E-state index contributed by atoms with van der Waals surface area (Å²) < 4.78 is 13.1. The first kappa shape index (κ1) is 11.6. The summed E-state index contributed by atoms with van der Waals surface area (Å²) in [5, 5.41) is 10.6. The zero-order valence-corrected chi connectivity index (χ0v) is 9.08. The van der Waals surface area contributed by atoms with Gasteiger partial charge in [0.25, 0.3) is 0 Å².